The second kappa shape index (κ2) is 8.49. The normalized spacial score (nSPS) is 10.2. The number of anilines is 3. The summed E-state index contributed by atoms with van der Waals surface area (Å²) in [5.41, 5.74) is 0. The second-order valence-corrected chi connectivity index (χ2v) is 4.12. The lowest BCUT2D eigenvalue weighted by molar-refractivity contribution is 0.815. The molecule has 0 aliphatic carbocycles. The van der Waals surface area contributed by atoms with Crippen molar-refractivity contribution in [2.24, 2.45) is 0 Å². The van der Waals surface area contributed by atoms with Crippen LogP contribution in [0.5, 0.6) is 0 Å². The van der Waals surface area contributed by atoms with Crippen molar-refractivity contribution in [3.8, 4) is 0 Å². The molecule has 6 nitrogen and oxygen atoms in total. The van der Waals surface area contributed by atoms with Crippen LogP contribution in [0, 0.1) is 0 Å². The molecule has 1 aromatic heterocycles. The summed E-state index contributed by atoms with van der Waals surface area (Å²) >= 11 is 0. The third-order valence-electron chi connectivity index (χ3n) is 2.49. The summed E-state index contributed by atoms with van der Waals surface area (Å²) in [5.74, 6) is 1.84. The van der Waals surface area contributed by atoms with E-state index in [9.17, 15) is 0 Å². The first-order valence-electron chi connectivity index (χ1n) is 6.71. The van der Waals surface area contributed by atoms with Gasteiger partial charge in [-0.15, -0.1) is 0 Å². The van der Waals surface area contributed by atoms with E-state index in [4.69, 9.17) is 0 Å². The fraction of sp³-hybridized carbons (Fsp3) is 0.750. The lowest BCUT2D eigenvalue weighted by Crippen LogP contribution is -2.12. The minimum absolute atomic E-state index is 0.586. The lowest BCUT2D eigenvalue weighted by atomic mass is 10.3. The van der Waals surface area contributed by atoms with Crippen LogP contribution < -0.4 is 16.0 Å². The highest BCUT2D eigenvalue weighted by Gasteiger charge is 2.04. The van der Waals surface area contributed by atoms with Gasteiger partial charge in [0.2, 0.25) is 17.8 Å². The first-order valence-corrected chi connectivity index (χ1v) is 6.71. The number of aromatic nitrogens is 3. The van der Waals surface area contributed by atoms with Gasteiger partial charge in [-0.05, 0) is 12.8 Å². The van der Waals surface area contributed by atoms with Gasteiger partial charge in [0.15, 0.2) is 0 Å². The van der Waals surface area contributed by atoms with Gasteiger partial charge in [0.05, 0.1) is 0 Å². The van der Waals surface area contributed by atoms with Gasteiger partial charge in [0.1, 0.15) is 0 Å². The SMILES string of the molecule is CCCCNc1nc(NC)nc(NCCCC)n1. The van der Waals surface area contributed by atoms with Crippen molar-refractivity contribution < 1.29 is 0 Å². The second-order valence-electron chi connectivity index (χ2n) is 4.12. The Morgan fingerprint density at radius 1 is 0.778 bits per heavy atom. The molecule has 0 bridgehead atoms. The fourth-order valence-corrected chi connectivity index (χ4v) is 1.40. The molecule has 18 heavy (non-hydrogen) atoms. The molecule has 0 aromatic carbocycles. The topological polar surface area (TPSA) is 74.8 Å². The van der Waals surface area contributed by atoms with Gasteiger partial charge in [-0.25, -0.2) is 0 Å². The number of nitrogens with one attached hydrogen (secondary N) is 3. The highest BCUT2D eigenvalue weighted by Crippen LogP contribution is 2.09. The zero-order valence-corrected chi connectivity index (χ0v) is 11.6. The molecule has 102 valence electrons. The van der Waals surface area contributed by atoms with Crippen LogP contribution in [-0.2, 0) is 0 Å². The molecule has 1 heterocycles. The Morgan fingerprint density at radius 3 is 1.61 bits per heavy atom. The van der Waals surface area contributed by atoms with Crippen LogP contribution in [0.4, 0.5) is 17.8 Å². The van der Waals surface area contributed by atoms with E-state index in [0.717, 1.165) is 38.8 Å². The maximum Gasteiger partial charge on any atom is 0.229 e. The van der Waals surface area contributed by atoms with Gasteiger partial charge < -0.3 is 16.0 Å². The van der Waals surface area contributed by atoms with Gasteiger partial charge in [-0.3, -0.25) is 0 Å². The van der Waals surface area contributed by atoms with E-state index in [1.807, 2.05) is 0 Å². The van der Waals surface area contributed by atoms with Gasteiger partial charge in [-0.1, -0.05) is 26.7 Å². The van der Waals surface area contributed by atoms with Crippen LogP contribution in [0.3, 0.4) is 0 Å². The molecule has 1 aromatic rings. The summed E-state index contributed by atoms with van der Waals surface area (Å²) in [7, 11) is 1.81. The third kappa shape index (κ3) is 5.16. The van der Waals surface area contributed by atoms with E-state index in [2.05, 4.69) is 44.7 Å². The van der Waals surface area contributed by atoms with Crippen molar-refractivity contribution >= 4 is 17.8 Å². The van der Waals surface area contributed by atoms with Gasteiger partial charge >= 0.3 is 0 Å². The Morgan fingerprint density at radius 2 is 1.22 bits per heavy atom. The van der Waals surface area contributed by atoms with E-state index in [1.54, 1.807) is 7.05 Å². The molecule has 0 aliphatic heterocycles. The average molecular weight is 252 g/mol. The molecule has 0 unspecified atom stereocenters. The molecule has 0 amide bonds. The molecule has 3 N–H and O–H groups in total. The largest absolute Gasteiger partial charge is 0.357 e. The van der Waals surface area contributed by atoms with Crippen molar-refractivity contribution in [1.29, 1.82) is 0 Å². The number of nitrogens with zero attached hydrogens (tertiary/aromatic N) is 3. The van der Waals surface area contributed by atoms with E-state index >= 15 is 0 Å². The first-order chi connectivity index (χ1) is 8.80. The molecular formula is C12H24N6. The highest BCUT2D eigenvalue weighted by atomic mass is 15.3. The summed E-state index contributed by atoms with van der Waals surface area (Å²) in [6.45, 7) is 6.09. The molecule has 0 spiro atoms. The van der Waals surface area contributed by atoms with Crippen LogP contribution in [0.25, 0.3) is 0 Å². The summed E-state index contributed by atoms with van der Waals surface area (Å²) in [4.78, 5) is 12.9. The average Bonchev–Trinajstić information content (AvgIpc) is 2.39. The number of hydrogen-bond donors (Lipinski definition) is 3. The smallest absolute Gasteiger partial charge is 0.229 e. The van der Waals surface area contributed by atoms with Crippen molar-refractivity contribution in [3.05, 3.63) is 0 Å². The van der Waals surface area contributed by atoms with Crippen LogP contribution >= 0.6 is 0 Å². The van der Waals surface area contributed by atoms with Gasteiger partial charge in [0, 0.05) is 20.1 Å². The van der Waals surface area contributed by atoms with Crippen molar-refractivity contribution in [2.75, 3.05) is 36.1 Å². The molecule has 0 atom stereocenters. The maximum atomic E-state index is 4.34. The molecular weight excluding hydrogens is 228 g/mol. The first kappa shape index (κ1) is 14.5. The van der Waals surface area contributed by atoms with Gasteiger partial charge in [0.25, 0.3) is 0 Å². The van der Waals surface area contributed by atoms with Crippen LogP contribution in [-0.4, -0.2) is 35.1 Å². The molecule has 1 rings (SSSR count). The van der Waals surface area contributed by atoms with Crippen molar-refractivity contribution in [2.45, 2.75) is 39.5 Å². The third-order valence-corrected chi connectivity index (χ3v) is 2.49. The highest BCUT2D eigenvalue weighted by molar-refractivity contribution is 5.41. The van der Waals surface area contributed by atoms with Crippen molar-refractivity contribution in [3.63, 3.8) is 0 Å². The Hall–Kier alpha value is -1.59. The molecule has 0 aliphatic rings. The maximum absolute atomic E-state index is 4.34. The summed E-state index contributed by atoms with van der Waals surface area (Å²) < 4.78 is 0. The Bertz CT molecular complexity index is 313. The van der Waals surface area contributed by atoms with Crippen LogP contribution in [0.2, 0.25) is 0 Å². The minimum atomic E-state index is 0.586. The predicted molar refractivity (Wildman–Crippen MR) is 76.2 cm³/mol. The Kier molecular flexibility index (Phi) is 6.83. The molecule has 0 saturated heterocycles. The van der Waals surface area contributed by atoms with E-state index in [-0.39, 0.29) is 0 Å². The standard InChI is InChI=1S/C12H24N6/c1-4-6-8-14-11-16-10(13-3)17-12(18-11)15-9-7-5-2/h4-9H2,1-3H3,(H3,13,14,15,16,17,18). The summed E-state index contributed by atoms with van der Waals surface area (Å²) in [6, 6.07) is 0. The molecule has 0 fully saturated rings. The molecule has 0 radical (unpaired) electrons. The zero-order valence-electron chi connectivity index (χ0n) is 11.6. The van der Waals surface area contributed by atoms with Crippen LogP contribution in [0.15, 0.2) is 0 Å². The fourth-order valence-electron chi connectivity index (χ4n) is 1.40. The van der Waals surface area contributed by atoms with Crippen LogP contribution in [0.1, 0.15) is 39.5 Å². The number of rotatable bonds is 9. The zero-order chi connectivity index (χ0) is 13.2. The van der Waals surface area contributed by atoms with E-state index in [1.165, 1.54) is 0 Å². The Labute approximate surface area is 109 Å². The monoisotopic (exact) mass is 252 g/mol. The van der Waals surface area contributed by atoms with E-state index in [0.29, 0.717) is 17.8 Å². The number of unbranched alkanes of at least 4 members (excludes halogenated alkanes) is 2. The predicted octanol–water partition coefficient (Wildman–Crippen LogP) is 2.34. The van der Waals surface area contributed by atoms with Crippen molar-refractivity contribution in [1.82, 2.24) is 15.0 Å². The Balaban J connectivity index is 2.62. The summed E-state index contributed by atoms with van der Waals surface area (Å²) in [5, 5.41) is 9.36. The molecule has 6 heteroatoms. The van der Waals surface area contributed by atoms with E-state index < -0.39 is 0 Å². The minimum Gasteiger partial charge on any atom is -0.357 e. The quantitative estimate of drug-likeness (QED) is 0.586. The lowest BCUT2D eigenvalue weighted by Gasteiger charge is -2.09. The summed E-state index contributed by atoms with van der Waals surface area (Å²) in [6.07, 6.45) is 4.52. The number of hydrogen-bond acceptors (Lipinski definition) is 6. The van der Waals surface area contributed by atoms with Gasteiger partial charge in [-0.2, -0.15) is 15.0 Å². The molecule has 0 saturated carbocycles.